The van der Waals surface area contributed by atoms with E-state index in [-0.39, 0.29) is 35.3 Å². The number of aryl methyl sites for hydroxylation is 1. The normalized spacial score (nSPS) is 21.7. The average Bonchev–Trinajstić information content (AvgIpc) is 3.40. The Balaban J connectivity index is 1.39. The van der Waals surface area contributed by atoms with Gasteiger partial charge in [-0.1, -0.05) is 0 Å². The number of rotatable bonds is 4. The number of piperidine rings is 1. The minimum atomic E-state index is -4.45. The first-order valence-corrected chi connectivity index (χ1v) is 10.9. The van der Waals surface area contributed by atoms with E-state index >= 15 is 0 Å². The molecule has 3 aromatic heterocycles. The largest absolute Gasteiger partial charge is 0.417 e. The molecule has 0 spiro atoms. The summed E-state index contributed by atoms with van der Waals surface area (Å²) in [6.07, 6.45) is -0.653. The monoisotopic (exact) mass is 471 g/mol. The lowest BCUT2D eigenvalue weighted by molar-refractivity contribution is -0.137. The molecule has 3 aromatic rings. The molecule has 1 amide bonds. The lowest BCUT2D eigenvalue weighted by Crippen LogP contribution is -2.48. The van der Waals surface area contributed by atoms with Gasteiger partial charge in [-0.15, -0.1) is 0 Å². The van der Waals surface area contributed by atoms with Crippen LogP contribution in [0.2, 0.25) is 0 Å². The predicted molar refractivity (Wildman–Crippen MR) is 116 cm³/mol. The summed E-state index contributed by atoms with van der Waals surface area (Å²) in [4.78, 5) is 27.7. The molecule has 0 radical (unpaired) electrons. The molecule has 1 N–H and O–H groups in total. The first kappa shape index (κ1) is 22.2. The summed E-state index contributed by atoms with van der Waals surface area (Å²) in [7, 11) is 0. The maximum Gasteiger partial charge on any atom is 0.417 e. The fraction of sp³-hybridized carbons (Fsp3) is 0.333. The molecule has 6 nitrogen and oxygen atoms in total. The summed E-state index contributed by atoms with van der Waals surface area (Å²) in [5, 5.41) is 3.19. The second kappa shape index (κ2) is 8.34. The molecule has 10 heteroatoms. The third-order valence-electron chi connectivity index (χ3n) is 6.42. The average molecular weight is 471 g/mol. The Hall–Kier alpha value is -3.56. The van der Waals surface area contributed by atoms with Crippen LogP contribution in [0.25, 0.3) is 11.3 Å². The van der Waals surface area contributed by atoms with Gasteiger partial charge in [-0.05, 0) is 62.1 Å². The molecule has 2 bridgehead atoms. The van der Waals surface area contributed by atoms with Gasteiger partial charge in [0.1, 0.15) is 23.0 Å². The SMILES string of the molecule is Cc1ccc(-c2ncccc2F)c(C(=O)N2C[C@H]3C[C@@H](Nc4ccc(C(F)(F)F)cn4)[C@@H]2C3)n1. The number of alkyl halides is 3. The molecule has 0 unspecified atom stereocenters. The Morgan fingerprint density at radius 3 is 2.62 bits per heavy atom. The number of nitrogens with zero attached hydrogens (tertiary/aromatic N) is 4. The van der Waals surface area contributed by atoms with E-state index in [0.717, 1.165) is 25.1 Å². The van der Waals surface area contributed by atoms with Gasteiger partial charge in [0.05, 0.1) is 11.6 Å². The smallest absolute Gasteiger partial charge is 0.365 e. The van der Waals surface area contributed by atoms with Gasteiger partial charge in [0.25, 0.3) is 5.91 Å². The number of hydrogen-bond acceptors (Lipinski definition) is 5. The Labute approximate surface area is 193 Å². The lowest BCUT2D eigenvalue weighted by Gasteiger charge is -2.34. The lowest BCUT2D eigenvalue weighted by atomic mass is 10.0. The zero-order valence-corrected chi connectivity index (χ0v) is 18.2. The van der Waals surface area contributed by atoms with Crippen molar-refractivity contribution in [3.05, 3.63) is 71.6 Å². The summed E-state index contributed by atoms with van der Waals surface area (Å²) in [6, 6.07) is 8.06. The minimum Gasteiger partial charge on any atom is -0.365 e. The highest BCUT2D eigenvalue weighted by molar-refractivity contribution is 5.99. The van der Waals surface area contributed by atoms with Crippen LogP contribution < -0.4 is 5.32 Å². The van der Waals surface area contributed by atoms with E-state index in [1.54, 1.807) is 24.0 Å². The predicted octanol–water partition coefficient (Wildman–Crippen LogP) is 4.72. The van der Waals surface area contributed by atoms with Crippen molar-refractivity contribution in [2.45, 2.75) is 38.0 Å². The highest BCUT2D eigenvalue weighted by Gasteiger charge is 2.47. The molecule has 1 aliphatic carbocycles. The zero-order valence-electron chi connectivity index (χ0n) is 18.2. The summed E-state index contributed by atoms with van der Waals surface area (Å²) < 4.78 is 52.9. The number of hydrogen-bond donors (Lipinski definition) is 1. The van der Waals surface area contributed by atoms with E-state index in [1.807, 2.05) is 0 Å². The van der Waals surface area contributed by atoms with Crippen LogP contribution in [0.4, 0.5) is 23.4 Å². The molecule has 3 atom stereocenters. The van der Waals surface area contributed by atoms with Crippen molar-refractivity contribution in [1.82, 2.24) is 19.9 Å². The van der Waals surface area contributed by atoms with Gasteiger partial charge in [-0.25, -0.2) is 14.4 Å². The van der Waals surface area contributed by atoms with Crippen LogP contribution in [-0.4, -0.2) is 44.4 Å². The van der Waals surface area contributed by atoms with E-state index in [0.29, 0.717) is 23.6 Å². The maximum absolute atomic E-state index is 14.5. The fourth-order valence-corrected chi connectivity index (χ4v) is 4.88. The van der Waals surface area contributed by atoms with Crippen LogP contribution in [0.15, 0.2) is 48.8 Å². The molecule has 2 aliphatic rings. The maximum atomic E-state index is 14.5. The van der Waals surface area contributed by atoms with Crippen LogP contribution in [0.5, 0.6) is 0 Å². The summed E-state index contributed by atoms with van der Waals surface area (Å²) in [5.41, 5.74) is 0.326. The third kappa shape index (κ3) is 4.08. The number of likely N-dealkylation sites (tertiary alicyclic amines) is 1. The van der Waals surface area contributed by atoms with E-state index in [1.165, 1.54) is 24.4 Å². The van der Waals surface area contributed by atoms with Crippen molar-refractivity contribution < 1.29 is 22.4 Å². The van der Waals surface area contributed by atoms with Gasteiger partial charge in [-0.3, -0.25) is 9.78 Å². The van der Waals surface area contributed by atoms with Gasteiger partial charge in [0.15, 0.2) is 0 Å². The van der Waals surface area contributed by atoms with Gasteiger partial charge in [0, 0.05) is 36.2 Å². The number of amides is 1. The highest BCUT2D eigenvalue weighted by Crippen LogP contribution is 2.40. The number of aromatic nitrogens is 3. The second-order valence-corrected chi connectivity index (χ2v) is 8.73. The van der Waals surface area contributed by atoms with Crippen molar-refractivity contribution >= 4 is 11.7 Å². The quantitative estimate of drug-likeness (QED) is 0.558. The molecule has 2 fully saturated rings. The number of carbonyl (C=O) groups is 1. The summed E-state index contributed by atoms with van der Waals surface area (Å²) in [6.45, 7) is 2.30. The van der Waals surface area contributed by atoms with Crippen molar-refractivity contribution in [3.63, 3.8) is 0 Å². The van der Waals surface area contributed by atoms with Gasteiger partial charge in [0.2, 0.25) is 0 Å². The van der Waals surface area contributed by atoms with Crippen LogP contribution in [0, 0.1) is 18.7 Å². The molecule has 176 valence electrons. The number of pyridine rings is 3. The van der Waals surface area contributed by atoms with Crippen molar-refractivity contribution in [3.8, 4) is 11.3 Å². The van der Waals surface area contributed by atoms with Gasteiger partial charge < -0.3 is 10.2 Å². The van der Waals surface area contributed by atoms with Gasteiger partial charge in [-0.2, -0.15) is 13.2 Å². The number of halogens is 4. The molecule has 4 heterocycles. The Kier molecular flexibility index (Phi) is 5.45. The highest BCUT2D eigenvalue weighted by atomic mass is 19.4. The molecular formula is C24H21F4N5O. The molecule has 5 rings (SSSR count). The van der Waals surface area contributed by atoms with Gasteiger partial charge >= 0.3 is 6.18 Å². The van der Waals surface area contributed by atoms with Crippen molar-refractivity contribution in [2.75, 3.05) is 11.9 Å². The molecule has 0 aromatic carbocycles. The van der Waals surface area contributed by atoms with Crippen LogP contribution in [0.3, 0.4) is 0 Å². The molecule has 1 saturated carbocycles. The standard InChI is InChI=1S/C24H21F4N5O/c1-13-4-6-16(21-17(25)3-2-8-29-21)22(31-13)23(34)33-12-14-9-18(19(33)10-14)32-20-7-5-15(11-30-20)24(26,27)28/h2-8,11,14,18-19H,9-10,12H2,1H3,(H,30,32)/t14-,18+,19-/m0/s1. The first-order valence-electron chi connectivity index (χ1n) is 10.9. The number of carbonyl (C=O) groups excluding carboxylic acids is 1. The Morgan fingerprint density at radius 2 is 1.94 bits per heavy atom. The van der Waals surface area contributed by atoms with Crippen molar-refractivity contribution in [1.29, 1.82) is 0 Å². The van der Waals surface area contributed by atoms with E-state index in [2.05, 4.69) is 20.3 Å². The van der Waals surface area contributed by atoms with Crippen LogP contribution in [-0.2, 0) is 6.18 Å². The number of nitrogens with one attached hydrogen (secondary N) is 1. The van der Waals surface area contributed by atoms with E-state index < -0.39 is 17.6 Å². The van der Waals surface area contributed by atoms with Crippen LogP contribution in [0.1, 0.15) is 34.6 Å². The molecule has 1 aliphatic heterocycles. The Morgan fingerprint density at radius 1 is 1.12 bits per heavy atom. The number of anilines is 1. The summed E-state index contributed by atoms with van der Waals surface area (Å²) >= 11 is 0. The molecule has 1 saturated heterocycles. The fourth-order valence-electron chi connectivity index (χ4n) is 4.88. The molecular weight excluding hydrogens is 450 g/mol. The van der Waals surface area contributed by atoms with Crippen molar-refractivity contribution in [2.24, 2.45) is 5.92 Å². The second-order valence-electron chi connectivity index (χ2n) is 8.73. The molecule has 34 heavy (non-hydrogen) atoms. The zero-order chi connectivity index (χ0) is 24.0. The van der Waals surface area contributed by atoms with Crippen LogP contribution >= 0.6 is 0 Å². The Bertz CT molecular complexity index is 1230. The van der Waals surface area contributed by atoms with E-state index in [9.17, 15) is 22.4 Å². The topological polar surface area (TPSA) is 71.0 Å². The summed E-state index contributed by atoms with van der Waals surface area (Å²) in [5.74, 6) is -0.287. The minimum absolute atomic E-state index is 0.0614. The van der Waals surface area contributed by atoms with E-state index in [4.69, 9.17) is 0 Å². The third-order valence-corrected chi connectivity index (χ3v) is 6.42. The first-order chi connectivity index (χ1) is 16.2. The number of fused-ring (bicyclic) bond motifs is 2.